The molecule has 0 aliphatic carbocycles. The van der Waals surface area contributed by atoms with E-state index in [-0.39, 0.29) is 21.8 Å². The smallest absolute Gasteiger partial charge is 0.270 e. The van der Waals surface area contributed by atoms with Gasteiger partial charge in [-0.25, -0.2) is 4.39 Å². The molecular weight excluding hydrogens is 262 g/mol. The van der Waals surface area contributed by atoms with E-state index in [1.165, 1.54) is 12.1 Å². The van der Waals surface area contributed by atoms with Gasteiger partial charge in [0, 0.05) is 6.07 Å². The highest BCUT2D eigenvalue weighted by molar-refractivity contribution is 6.99. The lowest BCUT2D eigenvalue weighted by Crippen LogP contribution is -1.86. The average Bonchev–Trinajstić information content (AvgIpc) is 2.59. The molecule has 3 nitrogen and oxygen atoms in total. The van der Waals surface area contributed by atoms with E-state index in [0.717, 1.165) is 17.8 Å². The third-order valence-electron chi connectivity index (χ3n) is 1.53. The van der Waals surface area contributed by atoms with Crippen LogP contribution in [0.1, 0.15) is 0 Å². The molecule has 0 fully saturated rings. The molecule has 0 N–H and O–H groups in total. The summed E-state index contributed by atoms with van der Waals surface area (Å²) in [6.07, 6.45) is 0. The Balaban J connectivity index is 2.25. The van der Waals surface area contributed by atoms with Gasteiger partial charge in [0.2, 0.25) is 5.15 Å². The van der Waals surface area contributed by atoms with Crippen molar-refractivity contribution < 1.29 is 9.13 Å². The van der Waals surface area contributed by atoms with Crippen molar-refractivity contribution in [1.82, 2.24) is 8.75 Å². The van der Waals surface area contributed by atoms with Gasteiger partial charge in [0.15, 0.2) is 0 Å². The van der Waals surface area contributed by atoms with Gasteiger partial charge < -0.3 is 4.74 Å². The maximum Gasteiger partial charge on any atom is 0.270 e. The van der Waals surface area contributed by atoms with Gasteiger partial charge in [-0.05, 0) is 12.1 Å². The lowest BCUT2D eigenvalue weighted by molar-refractivity contribution is 0.463. The quantitative estimate of drug-likeness (QED) is 0.828. The van der Waals surface area contributed by atoms with Gasteiger partial charge >= 0.3 is 0 Å². The molecule has 0 amide bonds. The minimum Gasteiger partial charge on any atom is -0.436 e. The van der Waals surface area contributed by atoms with E-state index >= 15 is 0 Å². The van der Waals surface area contributed by atoms with Crippen molar-refractivity contribution in [2.75, 3.05) is 0 Å². The summed E-state index contributed by atoms with van der Waals surface area (Å²) in [5.74, 6) is -0.136. The third kappa shape index (κ3) is 2.37. The van der Waals surface area contributed by atoms with Gasteiger partial charge in [-0.2, -0.15) is 4.37 Å². The third-order valence-corrected chi connectivity index (χ3v) is 2.69. The van der Waals surface area contributed by atoms with Crippen molar-refractivity contribution in [1.29, 1.82) is 0 Å². The highest BCUT2D eigenvalue weighted by Gasteiger charge is 2.09. The summed E-state index contributed by atoms with van der Waals surface area (Å²) in [6.45, 7) is 0. The molecule has 1 aromatic carbocycles. The van der Waals surface area contributed by atoms with Gasteiger partial charge in [0.25, 0.3) is 5.88 Å². The SMILES string of the molecule is Fc1cc(Oc2nsnc2Cl)ccc1Cl. The second kappa shape index (κ2) is 4.30. The Bertz CT molecular complexity index is 491. The minimum atomic E-state index is -0.562. The maximum absolute atomic E-state index is 13.0. The van der Waals surface area contributed by atoms with Crippen molar-refractivity contribution in [3.63, 3.8) is 0 Å². The summed E-state index contributed by atoms with van der Waals surface area (Å²) >= 11 is 12.1. The molecule has 78 valence electrons. The van der Waals surface area contributed by atoms with Crippen molar-refractivity contribution in [3.05, 3.63) is 34.2 Å². The van der Waals surface area contributed by atoms with E-state index in [1.54, 1.807) is 0 Å². The lowest BCUT2D eigenvalue weighted by Gasteiger charge is -2.02. The van der Waals surface area contributed by atoms with Crippen LogP contribution in [0.15, 0.2) is 18.2 Å². The van der Waals surface area contributed by atoms with E-state index < -0.39 is 5.82 Å². The standard InChI is InChI=1S/C8H3Cl2FN2OS/c9-5-2-1-4(3-6(5)11)14-8-7(10)12-15-13-8/h1-3H. The van der Waals surface area contributed by atoms with E-state index in [1.807, 2.05) is 0 Å². The van der Waals surface area contributed by atoms with E-state index in [0.29, 0.717) is 0 Å². The highest BCUT2D eigenvalue weighted by Crippen LogP contribution is 2.28. The average molecular weight is 265 g/mol. The molecule has 0 aliphatic heterocycles. The van der Waals surface area contributed by atoms with Gasteiger partial charge in [-0.1, -0.05) is 23.2 Å². The lowest BCUT2D eigenvalue weighted by atomic mass is 10.3. The molecule has 0 aliphatic rings. The Morgan fingerprint density at radius 1 is 1.27 bits per heavy atom. The maximum atomic E-state index is 13.0. The second-order valence-electron chi connectivity index (χ2n) is 2.54. The highest BCUT2D eigenvalue weighted by atomic mass is 35.5. The molecular formula is C8H3Cl2FN2OS. The molecule has 0 spiro atoms. The Morgan fingerprint density at radius 3 is 2.67 bits per heavy atom. The number of ether oxygens (including phenoxy) is 1. The predicted octanol–water partition coefficient (Wildman–Crippen LogP) is 3.78. The number of rotatable bonds is 2. The van der Waals surface area contributed by atoms with Crippen LogP contribution in [0.2, 0.25) is 10.2 Å². The van der Waals surface area contributed by atoms with Crippen molar-refractivity contribution in [3.8, 4) is 11.6 Å². The summed E-state index contributed by atoms with van der Waals surface area (Å²) in [7, 11) is 0. The first-order valence-corrected chi connectivity index (χ1v) is 5.26. The molecule has 0 saturated heterocycles. The van der Waals surface area contributed by atoms with Crippen molar-refractivity contribution >= 4 is 34.9 Å². The van der Waals surface area contributed by atoms with Gasteiger partial charge in [0.05, 0.1) is 16.8 Å². The molecule has 7 heteroatoms. The summed E-state index contributed by atoms with van der Waals surface area (Å²) in [4.78, 5) is 0. The largest absolute Gasteiger partial charge is 0.436 e. The molecule has 2 rings (SSSR count). The van der Waals surface area contributed by atoms with Crippen LogP contribution in [0, 0.1) is 5.82 Å². The van der Waals surface area contributed by atoms with Gasteiger partial charge in [0.1, 0.15) is 11.6 Å². The molecule has 0 radical (unpaired) electrons. The first-order valence-electron chi connectivity index (χ1n) is 3.78. The van der Waals surface area contributed by atoms with Crippen LogP contribution in [-0.2, 0) is 0 Å². The van der Waals surface area contributed by atoms with Crippen LogP contribution >= 0.6 is 34.9 Å². The number of hydrogen-bond donors (Lipinski definition) is 0. The zero-order chi connectivity index (χ0) is 10.8. The molecule has 0 atom stereocenters. The van der Waals surface area contributed by atoms with Crippen molar-refractivity contribution in [2.45, 2.75) is 0 Å². The Labute approximate surface area is 98.7 Å². The summed E-state index contributed by atoms with van der Waals surface area (Å²) in [5, 5.41) is 0.181. The van der Waals surface area contributed by atoms with E-state index in [2.05, 4.69) is 8.75 Å². The summed E-state index contributed by atoms with van der Waals surface area (Å²) in [5.41, 5.74) is 0. The molecule has 1 heterocycles. The molecule has 1 aromatic heterocycles. The van der Waals surface area contributed by atoms with Crippen LogP contribution in [0.25, 0.3) is 0 Å². The van der Waals surface area contributed by atoms with E-state index in [9.17, 15) is 4.39 Å². The fraction of sp³-hybridized carbons (Fsp3) is 0. The van der Waals surface area contributed by atoms with Crippen LogP contribution < -0.4 is 4.74 Å². The van der Waals surface area contributed by atoms with E-state index in [4.69, 9.17) is 27.9 Å². The zero-order valence-corrected chi connectivity index (χ0v) is 9.41. The number of hydrogen-bond acceptors (Lipinski definition) is 4. The fourth-order valence-electron chi connectivity index (χ4n) is 0.883. The van der Waals surface area contributed by atoms with Crippen LogP contribution in [-0.4, -0.2) is 8.75 Å². The summed E-state index contributed by atoms with van der Waals surface area (Å²) in [6, 6.07) is 4.05. The minimum absolute atomic E-state index is 0.0323. The number of halogens is 3. The molecule has 2 aromatic rings. The topological polar surface area (TPSA) is 35.0 Å². The zero-order valence-electron chi connectivity index (χ0n) is 7.08. The van der Waals surface area contributed by atoms with Crippen molar-refractivity contribution in [2.24, 2.45) is 0 Å². The van der Waals surface area contributed by atoms with Crippen LogP contribution in [0.4, 0.5) is 4.39 Å². The Morgan fingerprint density at radius 2 is 2.07 bits per heavy atom. The van der Waals surface area contributed by atoms with Gasteiger partial charge in [-0.3, -0.25) is 0 Å². The second-order valence-corrected chi connectivity index (χ2v) is 3.83. The first-order chi connectivity index (χ1) is 7.16. The monoisotopic (exact) mass is 264 g/mol. The van der Waals surface area contributed by atoms with Gasteiger partial charge in [-0.15, -0.1) is 4.37 Å². The molecule has 15 heavy (non-hydrogen) atoms. The Kier molecular flexibility index (Phi) is 3.04. The normalized spacial score (nSPS) is 10.3. The predicted molar refractivity (Wildman–Crippen MR) is 56.4 cm³/mol. The fourth-order valence-corrected chi connectivity index (χ4v) is 1.61. The Hall–Kier alpha value is -0.910. The first kappa shape index (κ1) is 10.6. The molecule has 0 bridgehead atoms. The number of aromatic nitrogens is 2. The molecule has 0 saturated carbocycles. The van der Waals surface area contributed by atoms with Crippen LogP contribution in [0.3, 0.4) is 0 Å². The summed E-state index contributed by atoms with van der Waals surface area (Å²) < 4.78 is 25.7. The molecule has 0 unspecified atom stereocenters. The number of benzene rings is 1. The van der Waals surface area contributed by atoms with Crippen LogP contribution in [0.5, 0.6) is 11.6 Å². The number of nitrogens with zero attached hydrogens (tertiary/aromatic N) is 2.